The first-order chi connectivity index (χ1) is 14.0. The molecule has 29 heavy (non-hydrogen) atoms. The highest BCUT2D eigenvalue weighted by molar-refractivity contribution is 6.00. The van der Waals surface area contributed by atoms with Crippen molar-refractivity contribution in [2.45, 2.75) is 6.92 Å². The van der Waals surface area contributed by atoms with Gasteiger partial charge in [0.2, 0.25) is 0 Å². The molecule has 0 bridgehead atoms. The van der Waals surface area contributed by atoms with Crippen LogP contribution in [0, 0.1) is 6.92 Å². The van der Waals surface area contributed by atoms with Gasteiger partial charge in [0.25, 0.3) is 5.91 Å². The lowest BCUT2D eigenvalue weighted by Gasteiger charge is -2.32. The van der Waals surface area contributed by atoms with Crippen LogP contribution in [-0.2, 0) is 0 Å². The Labute approximate surface area is 171 Å². The van der Waals surface area contributed by atoms with Crippen LogP contribution in [0.25, 0.3) is 16.9 Å². The molecular formula is C23H26N4O2. The van der Waals surface area contributed by atoms with Gasteiger partial charge in [-0.05, 0) is 38.2 Å². The zero-order chi connectivity index (χ0) is 20.4. The Morgan fingerprint density at radius 1 is 1.03 bits per heavy atom. The van der Waals surface area contributed by atoms with Crippen molar-refractivity contribution in [1.82, 2.24) is 19.6 Å². The second kappa shape index (κ2) is 8.09. The number of benzene rings is 2. The molecule has 0 spiro atoms. The lowest BCUT2D eigenvalue weighted by molar-refractivity contribution is 0.0665. The Bertz CT molecular complexity index is 1000. The lowest BCUT2D eigenvalue weighted by atomic mass is 10.1. The van der Waals surface area contributed by atoms with E-state index in [1.165, 1.54) is 5.56 Å². The number of likely N-dealkylation sites (N-methyl/N-ethyl adjacent to an activating group) is 1. The molecule has 1 saturated heterocycles. The van der Waals surface area contributed by atoms with Crippen LogP contribution in [0.3, 0.4) is 0 Å². The molecule has 2 heterocycles. The number of methoxy groups -OCH3 is 1. The summed E-state index contributed by atoms with van der Waals surface area (Å²) in [7, 11) is 3.72. The Hall–Kier alpha value is -3.12. The van der Waals surface area contributed by atoms with Crippen LogP contribution >= 0.6 is 0 Å². The van der Waals surface area contributed by atoms with E-state index in [1.807, 2.05) is 59.6 Å². The molecule has 6 heteroatoms. The van der Waals surface area contributed by atoms with E-state index in [-0.39, 0.29) is 5.91 Å². The molecule has 150 valence electrons. The zero-order valence-electron chi connectivity index (χ0n) is 17.1. The van der Waals surface area contributed by atoms with Crippen molar-refractivity contribution in [3.05, 3.63) is 65.9 Å². The van der Waals surface area contributed by atoms with E-state index < -0.39 is 0 Å². The summed E-state index contributed by atoms with van der Waals surface area (Å²) in [6.07, 6.45) is 1.85. The van der Waals surface area contributed by atoms with Gasteiger partial charge in [0.15, 0.2) is 0 Å². The SMILES string of the molecule is COc1cccc(-c2nn(-c3ccc(C)cc3)cc2C(=O)N2CCN(C)CC2)c1. The normalized spacial score (nSPS) is 14.8. The van der Waals surface area contributed by atoms with Crippen molar-refractivity contribution in [1.29, 1.82) is 0 Å². The van der Waals surface area contributed by atoms with Crippen molar-refractivity contribution >= 4 is 5.91 Å². The molecule has 0 saturated carbocycles. The van der Waals surface area contributed by atoms with Crippen LogP contribution in [0.4, 0.5) is 0 Å². The second-order valence-corrected chi connectivity index (χ2v) is 7.50. The van der Waals surface area contributed by atoms with Crippen LogP contribution in [-0.4, -0.2) is 65.8 Å². The molecule has 1 fully saturated rings. The number of hydrogen-bond donors (Lipinski definition) is 0. The topological polar surface area (TPSA) is 50.6 Å². The Balaban J connectivity index is 1.77. The quantitative estimate of drug-likeness (QED) is 0.686. The third-order valence-corrected chi connectivity index (χ3v) is 5.38. The standard InChI is InChI=1S/C23H26N4O2/c1-17-7-9-19(10-8-17)27-16-21(23(28)26-13-11-25(2)12-14-26)22(24-27)18-5-4-6-20(15-18)29-3/h4-10,15-16H,11-14H2,1-3H3. The fourth-order valence-electron chi connectivity index (χ4n) is 3.52. The number of ether oxygens (including phenoxy) is 1. The minimum Gasteiger partial charge on any atom is -0.497 e. The van der Waals surface area contributed by atoms with E-state index >= 15 is 0 Å². The molecular weight excluding hydrogens is 364 g/mol. The van der Waals surface area contributed by atoms with Gasteiger partial charge in [0.05, 0.1) is 18.4 Å². The smallest absolute Gasteiger partial charge is 0.257 e. The highest BCUT2D eigenvalue weighted by atomic mass is 16.5. The van der Waals surface area contributed by atoms with Crippen molar-refractivity contribution in [3.8, 4) is 22.7 Å². The molecule has 0 N–H and O–H groups in total. The van der Waals surface area contributed by atoms with Gasteiger partial charge in [-0.2, -0.15) is 5.10 Å². The summed E-state index contributed by atoms with van der Waals surface area (Å²) in [4.78, 5) is 17.5. The first-order valence-electron chi connectivity index (χ1n) is 9.84. The zero-order valence-corrected chi connectivity index (χ0v) is 17.1. The summed E-state index contributed by atoms with van der Waals surface area (Å²) in [6.45, 7) is 5.26. The summed E-state index contributed by atoms with van der Waals surface area (Å²) < 4.78 is 7.16. The Morgan fingerprint density at radius 2 is 1.76 bits per heavy atom. The maximum Gasteiger partial charge on any atom is 0.257 e. The van der Waals surface area contributed by atoms with E-state index in [4.69, 9.17) is 9.84 Å². The number of hydrogen-bond acceptors (Lipinski definition) is 4. The third-order valence-electron chi connectivity index (χ3n) is 5.38. The predicted molar refractivity (Wildman–Crippen MR) is 114 cm³/mol. The largest absolute Gasteiger partial charge is 0.497 e. The molecule has 6 nitrogen and oxygen atoms in total. The van der Waals surface area contributed by atoms with Crippen molar-refractivity contribution in [2.24, 2.45) is 0 Å². The number of carbonyl (C=O) groups is 1. The maximum absolute atomic E-state index is 13.4. The second-order valence-electron chi connectivity index (χ2n) is 7.50. The fraction of sp³-hybridized carbons (Fsp3) is 0.304. The highest BCUT2D eigenvalue weighted by Gasteiger charge is 2.26. The van der Waals surface area contributed by atoms with E-state index in [0.717, 1.165) is 43.2 Å². The van der Waals surface area contributed by atoms with Crippen molar-refractivity contribution in [2.75, 3.05) is 40.3 Å². The summed E-state index contributed by atoms with van der Waals surface area (Å²) >= 11 is 0. The molecule has 3 aromatic rings. The predicted octanol–water partition coefficient (Wildman–Crippen LogP) is 3.24. The average molecular weight is 390 g/mol. The molecule has 1 aliphatic rings. The van der Waals surface area contributed by atoms with E-state index in [0.29, 0.717) is 11.3 Å². The van der Waals surface area contributed by atoms with Gasteiger partial charge in [-0.3, -0.25) is 4.79 Å². The van der Waals surface area contributed by atoms with Gasteiger partial charge < -0.3 is 14.5 Å². The fourth-order valence-corrected chi connectivity index (χ4v) is 3.52. The molecule has 4 rings (SSSR count). The highest BCUT2D eigenvalue weighted by Crippen LogP contribution is 2.28. The van der Waals surface area contributed by atoms with Crippen LogP contribution in [0.2, 0.25) is 0 Å². The van der Waals surface area contributed by atoms with Crippen molar-refractivity contribution in [3.63, 3.8) is 0 Å². The number of amides is 1. The van der Waals surface area contributed by atoms with Crippen LogP contribution in [0.5, 0.6) is 5.75 Å². The first kappa shape index (κ1) is 19.2. The van der Waals surface area contributed by atoms with Crippen LogP contribution in [0.15, 0.2) is 54.7 Å². The Morgan fingerprint density at radius 3 is 2.45 bits per heavy atom. The van der Waals surface area contributed by atoms with Gasteiger partial charge in [0.1, 0.15) is 11.4 Å². The molecule has 1 amide bonds. The minimum absolute atomic E-state index is 0.0225. The number of nitrogens with zero attached hydrogens (tertiary/aromatic N) is 4. The third kappa shape index (κ3) is 4.03. The minimum atomic E-state index is 0.0225. The molecule has 1 aromatic heterocycles. The van der Waals surface area contributed by atoms with Gasteiger partial charge in [0, 0.05) is 37.9 Å². The van der Waals surface area contributed by atoms with E-state index in [2.05, 4.69) is 18.9 Å². The molecule has 0 unspecified atom stereocenters. The number of aromatic nitrogens is 2. The summed E-state index contributed by atoms with van der Waals surface area (Å²) in [5.74, 6) is 0.764. The average Bonchev–Trinajstić information content (AvgIpc) is 3.20. The van der Waals surface area contributed by atoms with Crippen LogP contribution < -0.4 is 4.74 Å². The molecule has 0 aliphatic carbocycles. The number of piperazine rings is 1. The van der Waals surface area contributed by atoms with Crippen molar-refractivity contribution < 1.29 is 9.53 Å². The van der Waals surface area contributed by atoms with E-state index in [1.54, 1.807) is 11.8 Å². The van der Waals surface area contributed by atoms with Gasteiger partial charge >= 0.3 is 0 Å². The van der Waals surface area contributed by atoms with Gasteiger partial charge in [-0.15, -0.1) is 0 Å². The molecule has 0 radical (unpaired) electrons. The summed E-state index contributed by atoms with van der Waals surface area (Å²) in [5.41, 5.74) is 4.27. The monoisotopic (exact) mass is 390 g/mol. The molecule has 1 aliphatic heterocycles. The molecule has 2 aromatic carbocycles. The lowest BCUT2D eigenvalue weighted by Crippen LogP contribution is -2.47. The number of rotatable bonds is 4. The van der Waals surface area contributed by atoms with E-state index in [9.17, 15) is 4.79 Å². The Kier molecular flexibility index (Phi) is 5.36. The molecule has 0 atom stereocenters. The maximum atomic E-state index is 13.4. The van der Waals surface area contributed by atoms with Gasteiger partial charge in [-0.25, -0.2) is 4.68 Å². The van der Waals surface area contributed by atoms with Crippen LogP contribution in [0.1, 0.15) is 15.9 Å². The van der Waals surface area contributed by atoms with Gasteiger partial charge in [-0.1, -0.05) is 29.8 Å². The number of aryl methyl sites for hydroxylation is 1. The summed E-state index contributed by atoms with van der Waals surface area (Å²) in [5, 5.41) is 4.79. The number of carbonyl (C=O) groups excluding carboxylic acids is 1. The summed E-state index contributed by atoms with van der Waals surface area (Å²) in [6, 6.07) is 15.8. The first-order valence-corrected chi connectivity index (χ1v) is 9.84.